The molecule has 0 bridgehead atoms. The van der Waals surface area contributed by atoms with Crippen LogP contribution in [0.3, 0.4) is 0 Å². The lowest BCUT2D eigenvalue weighted by atomic mass is 10.0. The predicted octanol–water partition coefficient (Wildman–Crippen LogP) is 7.19. The van der Waals surface area contributed by atoms with Gasteiger partial charge in [0.2, 0.25) is 5.88 Å². The molecule has 5 rings (SSSR count). The number of nitrogens with zero attached hydrogens (tertiary/aromatic N) is 3. The summed E-state index contributed by atoms with van der Waals surface area (Å²) in [5.41, 5.74) is 6.11. The molecule has 0 spiro atoms. The third-order valence-electron chi connectivity index (χ3n) is 7.75. The van der Waals surface area contributed by atoms with Gasteiger partial charge in [-0.2, -0.15) is 0 Å². The van der Waals surface area contributed by atoms with Crippen LogP contribution in [0.25, 0.3) is 17.0 Å². The molecule has 0 atom stereocenters. The maximum Gasteiger partial charge on any atom is 0.216 e. The summed E-state index contributed by atoms with van der Waals surface area (Å²) in [5.74, 6) is 1.40. The number of rotatable bonds is 13. The van der Waals surface area contributed by atoms with E-state index in [1.54, 1.807) is 0 Å². The van der Waals surface area contributed by atoms with Gasteiger partial charge in [-0.3, -0.25) is 4.90 Å². The van der Waals surface area contributed by atoms with Crippen LogP contribution in [0.15, 0.2) is 78.4 Å². The molecule has 0 saturated carbocycles. The van der Waals surface area contributed by atoms with E-state index in [1.807, 2.05) is 24.3 Å². The number of pyridine rings is 1. The first-order chi connectivity index (χ1) is 20.2. The number of allylic oxidation sites excluding steroid dienone is 3. The van der Waals surface area contributed by atoms with Gasteiger partial charge in [0, 0.05) is 54.9 Å². The van der Waals surface area contributed by atoms with E-state index in [9.17, 15) is 0 Å². The van der Waals surface area contributed by atoms with Crippen LogP contribution >= 0.6 is 0 Å². The number of aryl methyl sites for hydroxylation is 1. The van der Waals surface area contributed by atoms with E-state index < -0.39 is 0 Å². The Bertz CT molecular complexity index is 1370. The Morgan fingerprint density at radius 2 is 1.83 bits per heavy atom. The van der Waals surface area contributed by atoms with Crippen LogP contribution in [-0.4, -0.2) is 62.6 Å². The molecule has 1 fully saturated rings. The molecule has 1 saturated heterocycles. The van der Waals surface area contributed by atoms with Crippen molar-refractivity contribution in [2.75, 3.05) is 57.6 Å². The van der Waals surface area contributed by atoms with Gasteiger partial charge < -0.3 is 19.1 Å². The van der Waals surface area contributed by atoms with E-state index in [2.05, 4.69) is 83.3 Å². The largest absolute Gasteiger partial charge is 0.494 e. The number of ether oxygens (including phenoxy) is 3. The van der Waals surface area contributed by atoms with E-state index in [0.717, 1.165) is 75.1 Å². The quantitative estimate of drug-likeness (QED) is 0.165. The number of anilines is 1. The Balaban J connectivity index is 1.01. The van der Waals surface area contributed by atoms with E-state index in [1.165, 1.54) is 22.4 Å². The van der Waals surface area contributed by atoms with Gasteiger partial charge in [0.15, 0.2) is 6.79 Å². The van der Waals surface area contributed by atoms with Crippen LogP contribution in [0.2, 0.25) is 0 Å². The number of aromatic nitrogens is 1. The first-order valence-electron chi connectivity index (χ1n) is 15.0. The van der Waals surface area contributed by atoms with Crippen LogP contribution in [0.1, 0.15) is 43.7 Å². The molecule has 216 valence electrons. The Morgan fingerprint density at radius 3 is 2.66 bits per heavy atom. The lowest BCUT2D eigenvalue weighted by Gasteiger charge is -2.37. The van der Waals surface area contributed by atoms with Gasteiger partial charge in [0.05, 0.1) is 18.7 Å². The van der Waals surface area contributed by atoms with Crippen LogP contribution in [-0.2, 0) is 4.74 Å². The van der Waals surface area contributed by atoms with Gasteiger partial charge in [-0.1, -0.05) is 42.5 Å². The maximum absolute atomic E-state index is 6.08. The van der Waals surface area contributed by atoms with E-state index in [4.69, 9.17) is 14.2 Å². The molecule has 6 heteroatoms. The first-order valence-corrected chi connectivity index (χ1v) is 15.0. The zero-order valence-corrected chi connectivity index (χ0v) is 24.6. The average molecular weight is 554 g/mol. The number of benzene rings is 2. The molecule has 2 heterocycles. The molecular weight excluding hydrogens is 510 g/mol. The average Bonchev–Trinajstić information content (AvgIpc) is 3.01. The highest BCUT2D eigenvalue weighted by atomic mass is 16.7. The molecule has 1 aromatic heterocycles. The second kappa shape index (κ2) is 14.9. The van der Waals surface area contributed by atoms with Crippen molar-refractivity contribution in [2.24, 2.45) is 0 Å². The number of hydrogen-bond donors (Lipinski definition) is 0. The maximum atomic E-state index is 6.08. The molecule has 3 aromatic rings. The van der Waals surface area contributed by atoms with Gasteiger partial charge in [-0.05, 0) is 81.5 Å². The molecule has 2 aromatic carbocycles. The summed E-state index contributed by atoms with van der Waals surface area (Å²) in [6, 6.07) is 16.6. The zero-order valence-electron chi connectivity index (χ0n) is 24.6. The van der Waals surface area contributed by atoms with E-state index in [0.29, 0.717) is 19.1 Å². The summed E-state index contributed by atoms with van der Waals surface area (Å²) >= 11 is 0. The molecule has 41 heavy (non-hydrogen) atoms. The van der Waals surface area contributed by atoms with Crippen molar-refractivity contribution in [3.63, 3.8) is 0 Å². The number of fused-ring (bicyclic) bond motifs is 1. The molecule has 6 nitrogen and oxygen atoms in total. The van der Waals surface area contributed by atoms with E-state index in [-0.39, 0.29) is 6.79 Å². The highest BCUT2D eigenvalue weighted by Crippen LogP contribution is 2.27. The zero-order chi connectivity index (χ0) is 28.3. The van der Waals surface area contributed by atoms with Gasteiger partial charge >= 0.3 is 0 Å². The topological polar surface area (TPSA) is 47.1 Å². The SMILES string of the molecule is C/C=C\c1c(C)cccc1N1CCN(CCCCOc2ccc3ccc(OCOCC4=CCCC=C4)nc3c2)CC1. The molecule has 1 aliphatic heterocycles. The Labute approximate surface area is 244 Å². The second-order valence-corrected chi connectivity index (χ2v) is 10.8. The van der Waals surface area contributed by atoms with E-state index >= 15 is 0 Å². The molecule has 0 unspecified atom stereocenters. The summed E-state index contributed by atoms with van der Waals surface area (Å²) < 4.78 is 17.5. The minimum atomic E-state index is 0.179. The normalized spacial score (nSPS) is 16.0. The third kappa shape index (κ3) is 8.21. The first kappa shape index (κ1) is 28.9. The highest BCUT2D eigenvalue weighted by Gasteiger charge is 2.19. The molecular formula is C35H43N3O3. The smallest absolute Gasteiger partial charge is 0.216 e. The fourth-order valence-corrected chi connectivity index (χ4v) is 5.45. The van der Waals surface area contributed by atoms with Crippen molar-refractivity contribution in [2.45, 2.75) is 39.5 Å². The van der Waals surface area contributed by atoms with Crippen molar-refractivity contribution in [3.05, 3.63) is 89.5 Å². The molecule has 0 radical (unpaired) electrons. The number of piperazine rings is 1. The lowest BCUT2D eigenvalue weighted by molar-refractivity contribution is 0.0255. The summed E-state index contributed by atoms with van der Waals surface area (Å²) in [7, 11) is 0. The van der Waals surface area contributed by atoms with Gasteiger partial charge in [0.25, 0.3) is 0 Å². The monoisotopic (exact) mass is 553 g/mol. The fraction of sp³-hybridized carbons (Fsp3) is 0.400. The standard InChI is InChI=1S/C35H43N3O3/c1-3-10-32-28(2)11-9-14-34(32)38-22-20-37(21-23-38)19-7-8-24-40-31-17-15-30-16-18-35(36-33(30)25-31)41-27-39-26-29-12-5-4-6-13-29/h3,5,9-18,25H,4,6-8,19-24,26-27H2,1-2H3/b10-3-. The highest BCUT2D eigenvalue weighted by molar-refractivity contribution is 5.80. The van der Waals surface area contributed by atoms with Crippen LogP contribution in [0.5, 0.6) is 11.6 Å². The van der Waals surface area contributed by atoms with Crippen LogP contribution < -0.4 is 14.4 Å². The van der Waals surface area contributed by atoms with Crippen LogP contribution in [0, 0.1) is 6.92 Å². The van der Waals surface area contributed by atoms with Crippen molar-refractivity contribution in [3.8, 4) is 11.6 Å². The lowest BCUT2D eigenvalue weighted by Crippen LogP contribution is -2.46. The minimum absolute atomic E-state index is 0.179. The molecule has 0 N–H and O–H groups in total. The van der Waals surface area contributed by atoms with Gasteiger partial charge in [0.1, 0.15) is 5.75 Å². The molecule has 2 aliphatic rings. The third-order valence-corrected chi connectivity index (χ3v) is 7.75. The van der Waals surface area contributed by atoms with Crippen molar-refractivity contribution < 1.29 is 14.2 Å². The van der Waals surface area contributed by atoms with Crippen molar-refractivity contribution >= 4 is 22.7 Å². The summed E-state index contributed by atoms with van der Waals surface area (Å²) in [5, 5.41) is 1.06. The predicted molar refractivity (Wildman–Crippen MR) is 169 cm³/mol. The second-order valence-electron chi connectivity index (χ2n) is 10.8. The number of hydrogen-bond acceptors (Lipinski definition) is 6. The Hall–Kier alpha value is -3.61. The van der Waals surface area contributed by atoms with Crippen molar-refractivity contribution in [1.82, 2.24) is 9.88 Å². The fourth-order valence-electron chi connectivity index (χ4n) is 5.45. The minimum Gasteiger partial charge on any atom is -0.494 e. The summed E-state index contributed by atoms with van der Waals surface area (Å²) in [6.07, 6.45) is 15.2. The molecule has 0 amide bonds. The summed E-state index contributed by atoms with van der Waals surface area (Å²) in [4.78, 5) is 9.76. The van der Waals surface area contributed by atoms with Gasteiger partial charge in [-0.15, -0.1) is 0 Å². The van der Waals surface area contributed by atoms with Crippen LogP contribution in [0.4, 0.5) is 5.69 Å². The Kier molecular flexibility index (Phi) is 10.5. The summed E-state index contributed by atoms with van der Waals surface area (Å²) in [6.45, 7) is 11.2. The molecule has 1 aliphatic carbocycles. The Morgan fingerprint density at radius 1 is 0.951 bits per heavy atom. The van der Waals surface area contributed by atoms with Gasteiger partial charge in [-0.25, -0.2) is 4.98 Å². The number of unbranched alkanes of at least 4 members (excludes halogenated alkanes) is 1. The van der Waals surface area contributed by atoms with Crippen molar-refractivity contribution in [1.29, 1.82) is 0 Å².